The van der Waals surface area contributed by atoms with Gasteiger partial charge in [0.15, 0.2) is 0 Å². The van der Waals surface area contributed by atoms with Crippen molar-refractivity contribution < 1.29 is 17.9 Å². The first-order valence-electron chi connectivity index (χ1n) is 5.38. The summed E-state index contributed by atoms with van der Waals surface area (Å²) in [5.41, 5.74) is 0. The van der Waals surface area contributed by atoms with E-state index in [1.807, 2.05) is 6.92 Å². The third kappa shape index (κ3) is 5.56. The molecule has 8 heteroatoms. The Kier molecular flexibility index (Phi) is 5.70. The second-order valence-electron chi connectivity index (χ2n) is 3.67. The molecule has 0 radical (unpaired) electrons. The Bertz CT molecular complexity index is 496. The monoisotopic (exact) mass is 292 g/mol. The highest BCUT2D eigenvalue weighted by molar-refractivity contribution is 7.89. The van der Waals surface area contributed by atoms with Gasteiger partial charge in [0.2, 0.25) is 10.0 Å². The number of nitrogens with one attached hydrogen (secondary N) is 1. The summed E-state index contributed by atoms with van der Waals surface area (Å²) in [6.45, 7) is 2.10. The van der Waals surface area contributed by atoms with Gasteiger partial charge in [-0.15, -0.1) is 11.3 Å². The molecule has 0 bridgehead atoms. The lowest BCUT2D eigenvalue weighted by molar-refractivity contribution is -0.140. The molecule has 1 rings (SSSR count). The van der Waals surface area contributed by atoms with E-state index < -0.39 is 16.0 Å². The van der Waals surface area contributed by atoms with Gasteiger partial charge in [-0.25, -0.2) is 18.1 Å². The minimum atomic E-state index is -3.35. The van der Waals surface area contributed by atoms with E-state index in [-0.39, 0.29) is 25.1 Å². The number of sulfonamides is 1. The van der Waals surface area contributed by atoms with E-state index in [9.17, 15) is 13.2 Å². The van der Waals surface area contributed by atoms with Gasteiger partial charge in [-0.2, -0.15) is 0 Å². The van der Waals surface area contributed by atoms with Crippen LogP contribution in [0.5, 0.6) is 0 Å². The summed E-state index contributed by atoms with van der Waals surface area (Å²) in [6.07, 6.45) is 2.01. The molecule has 0 aliphatic carbocycles. The van der Waals surface area contributed by atoms with Crippen molar-refractivity contribution in [3.8, 4) is 0 Å². The second-order valence-corrected chi connectivity index (χ2v) is 6.91. The normalized spacial score (nSPS) is 11.4. The average molecular weight is 292 g/mol. The molecule has 0 unspecified atom stereocenters. The van der Waals surface area contributed by atoms with Gasteiger partial charge in [-0.3, -0.25) is 4.79 Å². The molecule has 0 fully saturated rings. The van der Waals surface area contributed by atoms with Gasteiger partial charge in [-0.05, 0) is 13.3 Å². The van der Waals surface area contributed by atoms with Crippen LogP contribution >= 0.6 is 11.3 Å². The van der Waals surface area contributed by atoms with Crippen LogP contribution in [0.4, 0.5) is 0 Å². The van der Waals surface area contributed by atoms with E-state index in [0.29, 0.717) is 0 Å². The topological polar surface area (TPSA) is 85.4 Å². The Morgan fingerprint density at radius 2 is 2.28 bits per heavy atom. The van der Waals surface area contributed by atoms with E-state index in [0.717, 1.165) is 9.88 Å². The van der Waals surface area contributed by atoms with Gasteiger partial charge < -0.3 is 4.74 Å². The fourth-order valence-corrected chi connectivity index (χ4v) is 3.12. The van der Waals surface area contributed by atoms with Crippen molar-refractivity contribution in [3.05, 3.63) is 16.1 Å². The van der Waals surface area contributed by atoms with Crippen molar-refractivity contribution in [2.45, 2.75) is 26.3 Å². The third-order valence-electron chi connectivity index (χ3n) is 2.16. The van der Waals surface area contributed by atoms with Crippen molar-refractivity contribution in [1.29, 1.82) is 0 Å². The number of carbonyl (C=O) groups excluding carboxylic acids is 1. The highest BCUT2D eigenvalue weighted by Gasteiger charge is 2.12. The zero-order chi connectivity index (χ0) is 13.6. The summed E-state index contributed by atoms with van der Waals surface area (Å²) in [5, 5.41) is 0.898. The zero-order valence-corrected chi connectivity index (χ0v) is 11.9. The average Bonchev–Trinajstić information content (AvgIpc) is 2.72. The first-order valence-corrected chi connectivity index (χ1v) is 7.85. The number of nitrogens with zero attached hydrogens (tertiary/aromatic N) is 1. The predicted octanol–water partition coefficient (Wildman–Crippen LogP) is 0.824. The van der Waals surface area contributed by atoms with E-state index in [2.05, 4.69) is 14.4 Å². The van der Waals surface area contributed by atoms with E-state index in [1.165, 1.54) is 18.4 Å². The maximum Gasteiger partial charge on any atom is 0.305 e. The quantitative estimate of drug-likeness (QED) is 0.752. The lowest BCUT2D eigenvalue weighted by Gasteiger charge is -2.04. The van der Waals surface area contributed by atoms with Gasteiger partial charge >= 0.3 is 5.97 Å². The largest absolute Gasteiger partial charge is 0.469 e. The molecule has 102 valence electrons. The van der Waals surface area contributed by atoms with Crippen molar-refractivity contribution >= 4 is 27.3 Å². The predicted molar refractivity (Wildman–Crippen MR) is 68.7 cm³/mol. The molecule has 0 saturated heterocycles. The Hall–Kier alpha value is -0.990. The first kappa shape index (κ1) is 15.1. The number of carbonyl (C=O) groups is 1. The summed E-state index contributed by atoms with van der Waals surface area (Å²) < 4.78 is 30.1. The Labute approximate surface area is 110 Å². The Balaban J connectivity index is 2.33. The van der Waals surface area contributed by atoms with Gasteiger partial charge in [0.1, 0.15) is 0 Å². The smallest absolute Gasteiger partial charge is 0.305 e. The summed E-state index contributed by atoms with van der Waals surface area (Å²) >= 11 is 1.45. The highest BCUT2D eigenvalue weighted by atomic mass is 32.2. The lowest BCUT2D eigenvalue weighted by atomic mass is 10.3. The molecule has 0 atom stereocenters. The lowest BCUT2D eigenvalue weighted by Crippen LogP contribution is -2.26. The molecule has 6 nitrogen and oxygen atoms in total. The number of aromatic nitrogens is 1. The molecule has 0 aromatic carbocycles. The molecule has 1 aromatic rings. The molecular formula is C10H16N2O4S2. The summed E-state index contributed by atoms with van der Waals surface area (Å²) in [6, 6.07) is 0. The molecule has 1 N–H and O–H groups in total. The molecule has 0 aliphatic rings. The first-order chi connectivity index (χ1) is 8.43. The summed E-state index contributed by atoms with van der Waals surface area (Å²) in [4.78, 5) is 15.7. The van der Waals surface area contributed by atoms with E-state index in [1.54, 1.807) is 6.20 Å². The molecule has 0 aliphatic heterocycles. The Morgan fingerprint density at radius 1 is 1.56 bits per heavy atom. The highest BCUT2D eigenvalue weighted by Crippen LogP contribution is 2.11. The fourth-order valence-electron chi connectivity index (χ4n) is 1.25. The van der Waals surface area contributed by atoms with Crippen LogP contribution in [0.15, 0.2) is 6.20 Å². The van der Waals surface area contributed by atoms with Gasteiger partial charge in [-0.1, -0.05) is 0 Å². The van der Waals surface area contributed by atoms with E-state index >= 15 is 0 Å². The zero-order valence-electron chi connectivity index (χ0n) is 10.3. The van der Waals surface area contributed by atoms with Gasteiger partial charge in [0.05, 0.1) is 17.9 Å². The minimum Gasteiger partial charge on any atom is -0.469 e. The van der Waals surface area contributed by atoms with Crippen molar-refractivity contribution in [2.24, 2.45) is 0 Å². The number of ether oxygens (including phenoxy) is 1. The SMILES string of the molecule is COC(=O)CCCS(=O)(=O)NCc1cnc(C)s1. The van der Waals surface area contributed by atoms with Gasteiger partial charge in [0, 0.05) is 24.0 Å². The van der Waals surface area contributed by atoms with Crippen LogP contribution in [0, 0.1) is 6.92 Å². The molecule has 0 amide bonds. The second kappa shape index (κ2) is 6.81. The van der Waals surface area contributed by atoms with E-state index in [4.69, 9.17) is 0 Å². The van der Waals surface area contributed by atoms with Crippen LogP contribution in [-0.2, 0) is 26.1 Å². The maximum atomic E-state index is 11.6. The summed E-state index contributed by atoms with van der Waals surface area (Å²) in [7, 11) is -2.07. The molecule has 18 heavy (non-hydrogen) atoms. The molecule has 1 heterocycles. The maximum absolute atomic E-state index is 11.6. The fraction of sp³-hybridized carbons (Fsp3) is 0.600. The van der Waals surface area contributed by atoms with Crippen LogP contribution in [0.3, 0.4) is 0 Å². The minimum absolute atomic E-state index is 0.0834. The van der Waals surface area contributed by atoms with Crippen molar-refractivity contribution in [1.82, 2.24) is 9.71 Å². The number of thiazole rings is 1. The number of aryl methyl sites for hydroxylation is 1. The van der Waals surface area contributed by atoms with Crippen LogP contribution in [0.25, 0.3) is 0 Å². The number of methoxy groups -OCH3 is 1. The Morgan fingerprint density at radius 3 is 2.83 bits per heavy atom. The molecular weight excluding hydrogens is 276 g/mol. The van der Waals surface area contributed by atoms with Gasteiger partial charge in [0.25, 0.3) is 0 Å². The summed E-state index contributed by atoms with van der Waals surface area (Å²) in [5.74, 6) is -0.483. The number of hydrogen-bond donors (Lipinski definition) is 1. The van der Waals surface area contributed by atoms with Crippen molar-refractivity contribution in [2.75, 3.05) is 12.9 Å². The van der Waals surface area contributed by atoms with Crippen molar-refractivity contribution in [3.63, 3.8) is 0 Å². The molecule has 1 aromatic heterocycles. The molecule has 0 spiro atoms. The number of esters is 1. The standard InChI is InChI=1S/C10H16N2O4S2/c1-8-11-6-9(17-8)7-12-18(14,15)5-3-4-10(13)16-2/h6,12H,3-5,7H2,1-2H3. The number of hydrogen-bond acceptors (Lipinski definition) is 6. The van der Waals surface area contributed by atoms with Crippen LogP contribution < -0.4 is 4.72 Å². The van der Waals surface area contributed by atoms with Crippen LogP contribution in [0.2, 0.25) is 0 Å². The number of rotatable bonds is 7. The van der Waals surface area contributed by atoms with Crippen LogP contribution in [0.1, 0.15) is 22.7 Å². The molecule has 0 saturated carbocycles. The third-order valence-corrected chi connectivity index (χ3v) is 4.48. The van der Waals surface area contributed by atoms with Crippen LogP contribution in [-0.4, -0.2) is 32.2 Å².